The maximum absolute atomic E-state index is 4.48. The Morgan fingerprint density at radius 2 is 1.92 bits per heavy atom. The van der Waals surface area contributed by atoms with Gasteiger partial charge >= 0.3 is 0 Å². The fraction of sp³-hybridized carbons (Fsp3) is 0.474. The third kappa shape index (κ3) is 8.95. The SMILES string of the molecule is CN=C(NCCCN(C)Cc1ccccc1)NCCc1csc(C)n1.I. The maximum atomic E-state index is 4.48. The highest BCUT2D eigenvalue weighted by molar-refractivity contribution is 14.0. The summed E-state index contributed by atoms with van der Waals surface area (Å²) in [5.74, 6) is 0.859. The van der Waals surface area contributed by atoms with Crippen molar-refractivity contribution in [3.63, 3.8) is 0 Å². The fourth-order valence-corrected chi connectivity index (χ4v) is 3.23. The zero-order valence-corrected chi connectivity index (χ0v) is 19.0. The molecule has 0 radical (unpaired) electrons. The second-order valence-electron chi connectivity index (χ2n) is 6.11. The third-order valence-corrected chi connectivity index (χ3v) is 4.69. The average Bonchev–Trinajstić information content (AvgIpc) is 3.03. The third-order valence-electron chi connectivity index (χ3n) is 3.87. The molecule has 2 rings (SSSR count). The molecule has 0 aliphatic carbocycles. The van der Waals surface area contributed by atoms with Gasteiger partial charge < -0.3 is 15.5 Å². The zero-order valence-electron chi connectivity index (χ0n) is 15.9. The van der Waals surface area contributed by atoms with Crippen molar-refractivity contribution in [2.24, 2.45) is 4.99 Å². The Labute approximate surface area is 178 Å². The molecule has 0 aliphatic heterocycles. The summed E-state index contributed by atoms with van der Waals surface area (Å²) in [5, 5.41) is 9.96. The number of hydrogen-bond donors (Lipinski definition) is 2. The first-order chi connectivity index (χ1) is 12.2. The van der Waals surface area contributed by atoms with Crippen LogP contribution in [0.15, 0.2) is 40.7 Å². The van der Waals surface area contributed by atoms with Crippen LogP contribution < -0.4 is 10.6 Å². The summed E-state index contributed by atoms with van der Waals surface area (Å²) in [6.07, 6.45) is 2.00. The van der Waals surface area contributed by atoms with Crippen LogP contribution in [0.25, 0.3) is 0 Å². The normalized spacial score (nSPS) is 11.3. The number of thiazole rings is 1. The van der Waals surface area contributed by atoms with E-state index in [-0.39, 0.29) is 24.0 Å². The molecule has 144 valence electrons. The van der Waals surface area contributed by atoms with Gasteiger partial charge in [0.05, 0.1) is 10.7 Å². The maximum Gasteiger partial charge on any atom is 0.190 e. The number of aliphatic imine (C=N–C) groups is 1. The van der Waals surface area contributed by atoms with Gasteiger partial charge in [-0.05, 0) is 32.5 Å². The lowest BCUT2D eigenvalue weighted by atomic mass is 10.2. The number of halogens is 1. The van der Waals surface area contributed by atoms with Gasteiger partial charge in [0.1, 0.15) is 0 Å². The molecule has 1 aromatic carbocycles. The highest BCUT2D eigenvalue weighted by atomic mass is 127. The predicted molar refractivity (Wildman–Crippen MR) is 123 cm³/mol. The molecule has 0 fully saturated rings. The molecule has 1 aromatic heterocycles. The number of hydrogen-bond acceptors (Lipinski definition) is 4. The number of aryl methyl sites for hydroxylation is 1. The summed E-state index contributed by atoms with van der Waals surface area (Å²) >= 11 is 1.70. The first-order valence-electron chi connectivity index (χ1n) is 8.75. The number of benzene rings is 1. The van der Waals surface area contributed by atoms with Gasteiger partial charge in [-0.25, -0.2) is 4.98 Å². The Bertz CT molecular complexity index is 644. The van der Waals surface area contributed by atoms with Gasteiger partial charge in [-0.1, -0.05) is 30.3 Å². The minimum absolute atomic E-state index is 0. The Morgan fingerprint density at radius 3 is 2.58 bits per heavy atom. The van der Waals surface area contributed by atoms with E-state index in [0.29, 0.717) is 0 Å². The first-order valence-corrected chi connectivity index (χ1v) is 9.63. The van der Waals surface area contributed by atoms with E-state index in [1.165, 1.54) is 5.56 Å². The molecular formula is C19H30IN5S. The van der Waals surface area contributed by atoms with Gasteiger partial charge in [0, 0.05) is 38.5 Å². The predicted octanol–water partition coefficient (Wildman–Crippen LogP) is 3.30. The molecule has 0 spiro atoms. The van der Waals surface area contributed by atoms with E-state index >= 15 is 0 Å². The average molecular weight is 487 g/mol. The monoisotopic (exact) mass is 487 g/mol. The highest BCUT2D eigenvalue weighted by Gasteiger charge is 2.02. The molecule has 7 heteroatoms. The van der Waals surface area contributed by atoms with Crippen LogP contribution in [0.2, 0.25) is 0 Å². The van der Waals surface area contributed by atoms with Gasteiger partial charge in [0.15, 0.2) is 5.96 Å². The van der Waals surface area contributed by atoms with Crippen molar-refractivity contribution in [2.45, 2.75) is 26.3 Å². The van der Waals surface area contributed by atoms with Gasteiger partial charge in [-0.3, -0.25) is 4.99 Å². The quantitative estimate of drug-likeness (QED) is 0.247. The number of nitrogens with one attached hydrogen (secondary N) is 2. The zero-order chi connectivity index (χ0) is 17.9. The van der Waals surface area contributed by atoms with Crippen LogP contribution in [0, 0.1) is 6.92 Å². The molecule has 5 nitrogen and oxygen atoms in total. The van der Waals surface area contributed by atoms with Crippen LogP contribution in [0.1, 0.15) is 22.7 Å². The molecule has 26 heavy (non-hydrogen) atoms. The molecule has 0 aliphatic rings. The fourth-order valence-electron chi connectivity index (χ4n) is 2.58. The smallest absolute Gasteiger partial charge is 0.190 e. The summed E-state index contributed by atoms with van der Waals surface area (Å²) in [7, 11) is 3.97. The molecule has 2 aromatic rings. The van der Waals surface area contributed by atoms with E-state index in [9.17, 15) is 0 Å². The number of guanidine groups is 1. The molecule has 0 saturated carbocycles. The lowest BCUT2D eigenvalue weighted by molar-refractivity contribution is 0.322. The Morgan fingerprint density at radius 1 is 1.19 bits per heavy atom. The van der Waals surface area contributed by atoms with Crippen LogP contribution in [-0.2, 0) is 13.0 Å². The van der Waals surface area contributed by atoms with Crippen LogP contribution in [-0.4, -0.2) is 49.6 Å². The Hall–Kier alpha value is -1.19. The van der Waals surface area contributed by atoms with Crippen molar-refractivity contribution in [1.82, 2.24) is 20.5 Å². The second-order valence-corrected chi connectivity index (χ2v) is 7.17. The summed E-state index contributed by atoms with van der Waals surface area (Å²) in [4.78, 5) is 11.1. The van der Waals surface area contributed by atoms with Crippen LogP contribution in [0.5, 0.6) is 0 Å². The number of aromatic nitrogens is 1. The topological polar surface area (TPSA) is 52.6 Å². The van der Waals surface area contributed by atoms with Gasteiger partial charge in [0.25, 0.3) is 0 Å². The molecular weight excluding hydrogens is 457 g/mol. The second kappa shape index (κ2) is 13.1. The molecule has 0 unspecified atom stereocenters. The lowest BCUT2D eigenvalue weighted by Crippen LogP contribution is -2.39. The summed E-state index contributed by atoms with van der Waals surface area (Å²) < 4.78 is 0. The largest absolute Gasteiger partial charge is 0.356 e. The van der Waals surface area contributed by atoms with E-state index in [1.54, 1.807) is 11.3 Å². The highest BCUT2D eigenvalue weighted by Crippen LogP contribution is 2.07. The van der Waals surface area contributed by atoms with Crippen LogP contribution in [0.3, 0.4) is 0 Å². The van der Waals surface area contributed by atoms with Crippen molar-refractivity contribution in [1.29, 1.82) is 0 Å². The molecule has 0 atom stereocenters. The Balaban J connectivity index is 0.00000338. The number of nitrogens with zero attached hydrogens (tertiary/aromatic N) is 3. The van der Waals surface area contributed by atoms with Crippen molar-refractivity contribution >= 4 is 41.3 Å². The van der Waals surface area contributed by atoms with Gasteiger partial charge in [-0.2, -0.15) is 0 Å². The van der Waals surface area contributed by atoms with E-state index in [0.717, 1.165) is 55.7 Å². The van der Waals surface area contributed by atoms with E-state index in [4.69, 9.17) is 0 Å². The van der Waals surface area contributed by atoms with E-state index in [2.05, 4.69) is 68.3 Å². The first kappa shape index (κ1) is 22.9. The summed E-state index contributed by atoms with van der Waals surface area (Å²) in [5.41, 5.74) is 2.50. The van der Waals surface area contributed by atoms with Gasteiger partial charge in [-0.15, -0.1) is 35.3 Å². The van der Waals surface area contributed by atoms with Gasteiger partial charge in [0.2, 0.25) is 0 Å². The lowest BCUT2D eigenvalue weighted by Gasteiger charge is -2.17. The minimum atomic E-state index is 0. The molecule has 1 heterocycles. The summed E-state index contributed by atoms with van der Waals surface area (Å²) in [6, 6.07) is 10.6. The van der Waals surface area contributed by atoms with Crippen molar-refractivity contribution in [2.75, 3.05) is 33.7 Å². The summed E-state index contributed by atoms with van der Waals surface area (Å²) in [6.45, 7) is 5.83. The standard InChI is InChI=1S/C19H29N5S.HI/c1-16-23-18(15-25-16)10-12-22-19(20-2)21-11-7-13-24(3)14-17-8-5-4-6-9-17;/h4-6,8-9,15H,7,10-14H2,1-3H3,(H2,20,21,22);1H. The number of rotatable bonds is 9. The van der Waals surface area contributed by atoms with E-state index in [1.807, 2.05) is 14.0 Å². The van der Waals surface area contributed by atoms with Crippen molar-refractivity contribution < 1.29 is 0 Å². The molecule has 0 bridgehead atoms. The molecule has 2 N–H and O–H groups in total. The van der Waals surface area contributed by atoms with Crippen molar-refractivity contribution in [3.05, 3.63) is 52.0 Å². The van der Waals surface area contributed by atoms with Crippen molar-refractivity contribution in [3.8, 4) is 0 Å². The Kier molecular flexibility index (Phi) is 11.5. The van der Waals surface area contributed by atoms with E-state index < -0.39 is 0 Å². The van der Waals surface area contributed by atoms with Crippen LogP contribution in [0.4, 0.5) is 0 Å². The van der Waals surface area contributed by atoms with Crippen LogP contribution >= 0.6 is 35.3 Å². The molecule has 0 saturated heterocycles. The molecule has 0 amide bonds. The minimum Gasteiger partial charge on any atom is -0.356 e.